The molecule has 1 unspecified atom stereocenters. The third-order valence-corrected chi connectivity index (χ3v) is 6.25. The number of carbonyl (C=O) groups excluding carboxylic acids is 1. The van der Waals surface area contributed by atoms with Crippen molar-refractivity contribution in [3.63, 3.8) is 0 Å². The van der Waals surface area contributed by atoms with Crippen LogP contribution in [0.25, 0.3) is 0 Å². The minimum absolute atomic E-state index is 0. The Hall–Kier alpha value is 0.340. The van der Waals surface area contributed by atoms with E-state index >= 15 is 0 Å². The van der Waals surface area contributed by atoms with Gasteiger partial charge in [0.2, 0.25) is 5.91 Å². The molecule has 0 rings (SSSR count). The van der Waals surface area contributed by atoms with E-state index in [1.165, 1.54) is 69.1 Å². The van der Waals surface area contributed by atoms with Crippen LogP contribution < -0.4 is 29.6 Å². The van der Waals surface area contributed by atoms with Gasteiger partial charge in [-0.15, -0.1) is 0 Å². The van der Waals surface area contributed by atoms with E-state index in [1.807, 2.05) is 6.92 Å². The second-order valence-electron chi connectivity index (χ2n) is 8.56. The average Bonchev–Trinajstić information content (AvgIpc) is 2.67. The molecule has 0 aromatic carbocycles. The molecule has 0 aliphatic heterocycles. The SMILES string of the molecule is CCCCCCCCCCCCCCCC(=O)N(CCCC)CC(O)CS(=O)(=O)[O-].[Na+]. The third-order valence-electron chi connectivity index (χ3n) is 5.46. The summed E-state index contributed by atoms with van der Waals surface area (Å²) in [6.45, 7) is 4.66. The van der Waals surface area contributed by atoms with Crippen molar-refractivity contribution >= 4 is 16.0 Å². The van der Waals surface area contributed by atoms with Crippen molar-refractivity contribution < 1.29 is 52.4 Å². The Morgan fingerprint density at radius 3 is 1.65 bits per heavy atom. The molecule has 1 atom stereocenters. The molecule has 0 saturated heterocycles. The van der Waals surface area contributed by atoms with Crippen molar-refractivity contribution in [1.29, 1.82) is 0 Å². The summed E-state index contributed by atoms with van der Waals surface area (Å²) in [4.78, 5) is 14.0. The van der Waals surface area contributed by atoms with Gasteiger partial charge >= 0.3 is 29.6 Å². The Morgan fingerprint density at radius 1 is 0.806 bits per heavy atom. The van der Waals surface area contributed by atoms with Crippen molar-refractivity contribution in [3.8, 4) is 0 Å². The number of carbonyl (C=O) groups is 1. The molecule has 0 aliphatic rings. The Morgan fingerprint density at radius 2 is 1.23 bits per heavy atom. The summed E-state index contributed by atoms with van der Waals surface area (Å²) in [6.07, 6.45) is 17.0. The second kappa shape index (κ2) is 22.1. The standard InChI is InChI=1S/C23H47NO5S.Na/c1-3-5-7-8-9-10-11-12-13-14-15-16-17-18-23(26)24(19-6-4-2)20-22(25)21-30(27,28)29;/h22,25H,3-21H2,1-2H3,(H,27,28,29);/q;+1/p-1. The first-order valence-electron chi connectivity index (χ1n) is 12.2. The van der Waals surface area contributed by atoms with E-state index in [-0.39, 0.29) is 42.0 Å². The van der Waals surface area contributed by atoms with Crippen molar-refractivity contribution in [1.82, 2.24) is 4.90 Å². The van der Waals surface area contributed by atoms with Crippen LogP contribution in [0.3, 0.4) is 0 Å². The zero-order valence-electron chi connectivity index (χ0n) is 20.4. The van der Waals surface area contributed by atoms with E-state index in [0.717, 1.165) is 32.1 Å². The van der Waals surface area contributed by atoms with E-state index in [4.69, 9.17) is 0 Å². The average molecular weight is 472 g/mol. The van der Waals surface area contributed by atoms with E-state index in [0.29, 0.717) is 13.0 Å². The molecule has 1 amide bonds. The Kier molecular flexibility index (Phi) is 23.9. The number of hydrogen-bond donors (Lipinski definition) is 1. The van der Waals surface area contributed by atoms with Gasteiger partial charge in [-0.05, 0) is 12.8 Å². The first-order chi connectivity index (χ1) is 14.3. The van der Waals surface area contributed by atoms with Crippen molar-refractivity contribution in [2.45, 2.75) is 123 Å². The van der Waals surface area contributed by atoms with Crippen LogP contribution in [-0.2, 0) is 14.9 Å². The molecule has 6 nitrogen and oxygen atoms in total. The van der Waals surface area contributed by atoms with Crippen molar-refractivity contribution in [3.05, 3.63) is 0 Å². The molecule has 0 saturated carbocycles. The quantitative estimate of drug-likeness (QED) is 0.157. The van der Waals surface area contributed by atoms with Gasteiger partial charge in [-0.1, -0.05) is 97.3 Å². The van der Waals surface area contributed by atoms with Gasteiger partial charge in [-0.3, -0.25) is 4.79 Å². The molecule has 0 aromatic rings. The van der Waals surface area contributed by atoms with E-state index in [2.05, 4.69) is 6.92 Å². The maximum absolute atomic E-state index is 12.4. The largest absolute Gasteiger partial charge is 1.00 e. The van der Waals surface area contributed by atoms with Gasteiger partial charge in [-0.25, -0.2) is 8.42 Å². The number of unbranched alkanes of at least 4 members (excludes halogenated alkanes) is 13. The molecular formula is C23H46NNaO5S. The molecular weight excluding hydrogens is 425 g/mol. The fourth-order valence-electron chi connectivity index (χ4n) is 3.66. The number of hydrogen-bond acceptors (Lipinski definition) is 5. The first-order valence-corrected chi connectivity index (χ1v) is 13.8. The molecule has 0 bridgehead atoms. The van der Waals surface area contributed by atoms with Gasteiger partial charge in [0.15, 0.2) is 0 Å². The van der Waals surface area contributed by atoms with Crippen LogP contribution in [-0.4, -0.2) is 53.8 Å². The third kappa shape index (κ3) is 23.3. The molecule has 180 valence electrons. The van der Waals surface area contributed by atoms with Crippen LogP contribution in [0.15, 0.2) is 0 Å². The first kappa shape index (κ1) is 33.5. The van der Waals surface area contributed by atoms with Gasteiger partial charge in [0.05, 0.1) is 22.0 Å². The van der Waals surface area contributed by atoms with Gasteiger partial charge in [0.1, 0.15) is 0 Å². The monoisotopic (exact) mass is 471 g/mol. The van der Waals surface area contributed by atoms with Crippen LogP contribution in [0.1, 0.15) is 117 Å². The molecule has 0 aliphatic carbocycles. The number of aliphatic hydroxyl groups excluding tert-OH is 1. The minimum Gasteiger partial charge on any atom is -0.748 e. The normalized spacial score (nSPS) is 12.4. The maximum Gasteiger partial charge on any atom is 1.00 e. The molecule has 0 aromatic heterocycles. The van der Waals surface area contributed by atoms with Crippen molar-refractivity contribution in [2.75, 3.05) is 18.8 Å². The summed E-state index contributed by atoms with van der Waals surface area (Å²) >= 11 is 0. The topological polar surface area (TPSA) is 97.7 Å². The summed E-state index contributed by atoms with van der Waals surface area (Å²) in [5, 5.41) is 9.81. The van der Waals surface area contributed by atoms with Crippen LogP contribution in [0.5, 0.6) is 0 Å². The summed E-state index contributed by atoms with van der Waals surface area (Å²) in [5.74, 6) is -0.907. The predicted molar refractivity (Wildman–Crippen MR) is 122 cm³/mol. The van der Waals surface area contributed by atoms with Crippen molar-refractivity contribution in [2.24, 2.45) is 0 Å². The van der Waals surface area contributed by atoms with Gasteiger partial charge < -0.3 is 14.6 Å². The summed E-state index contributed by atoms with van der Waals surface area (Å²) in [5.41, 5.74) is 0. The summed E-state index contributed by atoms with van der Waals surface area (Å²) in [7, 11) is -4.49. The maximum atomic E-state index is 12.4. The number of rotatable bonds is 21. The number of nitrogens with zero attached hydrogens (tertiary/aromatic N) is 1. The Bertz CT molecular complexity index is 516. The smallest absolute Gasteiger partial charge is 0.748 e. The number of amides is 1. The minimum atomic E-state index is -4.49. The molecule has 0 heterocycles. The predicted octanol–water partition coefficient (Wildman–Crippen LogP) is 2.01. The molecule has 0 radical (unpaired) electrons. The fraction of sp³-hybridized carbons (Fsp3) is 0.957. The molecule has 1 N–H and O–H groups in total. The van der Waals surface area contributed by atoms with Crippen LogP contribution in [0.2, 0.25) is 0 Å². The molecule has 0 fully saturated rings. The van der Waals surface area contributed by atoms with Gasteiger partial charge in [0.25, 0.3) is 0 Å². The van der Waals surface area contributed by atoms with Gasteiger partial charge in [0, 0.05) is 19.5 Å². The van der Waals surface area contributed by atoms with Crippen LogP contribution in [0, 0.1) is 0 Å². The van der Waals surface area contributed by atoms with E-state index < -0.39 is 22.0 Å². The zero-order valence-corrected chi connectivity index (χ0v) is 23.3. The van der Waals surface area contributed by atoms with Crippen LogP contribution >= 0.6 is 0 Å². The number of aliphatic hydroxyl groups is 1. The fourth-order valence-corrected chi connectivity index (χ4v) is 4.24. The summed E-state index contributed by atoms with van der Waals surface area (Å²) < 4.78 is 32.4. The van der Waals surface area contributed by atoms with Gasteiger partial charge in [-0.2, -0.15) is 0 Å². The Balaban J connectivity index is 0. The Labute approximate surface area is 214 Å². The summed E-state index contributed by atoms with van der Waals surface area (Å²) in [6, 6.07) is 0. The molecule has 0 spiro atoms. The van der Waals surface area contributed by atoms with E-state index in [9.17, 15) is 22.9 Å². The second-order valence-corrected chi connectivity index (χ2v) is 10.0. The zero-order chi connectivity index (χ0) is 22.7. The molecule has 31 heavy (non-hydrogen) atoms. The molecule has 8 heteroatoms. The van der Waals surface area contributed by atoms with Crippen LogP contribution in [0.4, 0.5) is 0 Å². The van der Waals surface area contributed by atoms with E-state index in [1.54, 1.807) is 0 Å².